The van der Waals surface area contributed by atoms with Crippen LogP contribution in [0, 0.1) is 0 Å². The normalized spacial score (nSPS) is 11.8. The SMILES string of the molecule is COc1c(C(C)=Nc2ccc(-c3csnn3)cc2)c(O)cc2occc12. The highest BCUT2D eigenvalue weighted by molar-refractivity contribution is 7.03. The molecule has 0 saturated carbocycles. The number of nitrogens with zero attached hydrogens (tertiary/aromatic N) is 3. The molecule has 2 heterocycles. The molecule has 0 fully saturated rings. The summed E-state index contributed by atoms with van der Waals surface area (Å²) in [6.07, 6.45) is 1.56. The van der Waals surface area contributed by atoms with Crippen LogP contribution in [0.3, 0.4) is 0 Å². The first-order valence-corrected chi connectivity index (χ1v) is 8.71. The Bertz CT molecular complexity index is 1080. The van der Waals surface area contributed by atoms with Crippen LogP contribution in [0.2, 0.25) is 0 Å². The Balaban J connectivity index is 1.74. The van der Waals surface area contributed by atoms with Crippen molar-refractivity contribution in [2.45, 2.75) is 6.92 Å². The molecule has 0 spiro atoms. The molecule has 0 unspecified atom stereocenters. The highest BCUT2D eigenvalue weighted by atomic mass is 32.1. The molecular formula is C19H15N3O3S. The van der Waals surface area contributed by atoms with Gasteiger partial charge in [0.05, 0.1) is 35.7 Å². The number of rotatable bonds is 4. The minimum absolute atomic E-state index is 0.0655. The minimum Gasteiger partial charge on any atom is -0.507 e. The van der Waals surface area contributed by atoms with Crippen molar-refractivity contribution < 1.29 is 14.3 Å². The molecule has 0 aliphatic rings. The topological polar surface area (TPSA) is 80.7 Å². The van der Waals surface area contributed by atoms with Gasteiger partial charge in [-0.1, -0.05) is 16.6 Å². The highest BCUT2D eigenvalue weighted by Crippen LogP contribution is 2.38. The monoisotopic (exact) mass is 365 g/mol. The number of phenols is 1. The number of aromatic nitrogens is 2. The molecule has 0 amide bonds. The molecule has 0 radical (unpaired) electrons. The van der Waals surface area contributed by atoms with Crippen molar-refractivity contribution in [1.29, 1.82) is 0 Å². The Morgan fingerprint density at radius 3 is 2.73 bits per heavy atom. The first kappa shape index (κ1) is 16.3. The van der Waals surface area contributed by atoms with Gasteiger partial charge < -0.3 is 14.3 Å². The van der Waals surface area contributed by atoms with Crippen molar-refractivity contribution in [2.75, 3.05) is 7.11 Å². The molecule has 0 aliphatic carbocycles. The van der Waals surface area contributed by atoms with E-state index >= 15 is 0 Å². The number of aliphatic imine (C=N–C) groups is 1. The van der Waals surface area contributed by atoms with E-state index in [0.29, 0.717) is 22.6 Å². The summed E-state index contributed by atoms with van der Waals surface area (Å²) in [6.45, 7) is 1.84. The second-order valence-corrected chi connectivity index (χ2v) is 6.28. The molecule has 130 valence electrons. The third-order valence-corrected chi connectivity index (χ3v) is 4.58. The van der Waals surface area contributed by atoms with Crippen LogP contribution in [0.5, 0.6) is 11.5 Å². The Labute approximate surface area is 153 Å². The van der Waals surface area contributed by atoms with Crippen molar-refractivity contribution in [3.63, 3.8) is 0 Å². The summed E-state index contributed by atoms with van der Waals surface area (Å²) in [7, 11) is 1.56. The van der Waals surface area contributed by atoms with Crippen molar-refractivity contribution in [3.05, 3.63) is 53.6 Å². The number of fused-ring (bicyclic) bond motifs is 1. The summed E-state index contributed by atoms with van der Waals surface area (Å²) in [5.74, 6) is 0.607. The molecule has 1 N–H and O–H groups in total. The zero-order valence-electron chi connectivity index (χ0n) is 14.1. The lowest BCUT2D eigenvalue weighted by Gasteiger charge is -2.11. The van der Waals surface area contributed by atoms with E-state index in [2.05, 4.69) is 14.6 Å². The Hall–Kier alpha value is -3.19. The van der Waals surface area contributed by atoms with E-state index in [-0.39, 0.29) is 5.75 Å². The van der Waals surface area contributed by atoms with Crippen LogP contribution in [0.15, 0.2) is 57.5 Å². The van der Waals surface area contributed by atoms with E-state index in [1.165, 1.54) is 11.5 Å². The number of furan rings is 1. The molecule has 2 aromatic carbocycles. The summed E-state index contributed by atoms with van der Waals surface area (Å²) < 4.78 is 14.7. The molecule has 0 saturated heterocycles. The van der Waals surface area contributed by atoms with Crippen LogP contribution < -0.4 is 4.74 Å². The summed E-state index contributed by atoms with van der Waals surface area (Å²) in [5, 5.41) is 17.2. The fourth-order valence-corrected chi connectivity index (χ4v) is 3.34. The zero-order valence-corrected chi connectivity index (χ0v) is 14.9. The zero-order chi connectivity index (χ0) is 18.1. The van der Waals surface area contributed by atoms with Crippen LogP contribution in [0.1, 0.15) is 12.5 Å². The molecule has 0 bridgehead atoms. The predicted molar refractivity (Wildman–Crippen MR) is 102 cm³/mol. The number of benzene rings is 2. The van der Waals surface area contributed by atoms with E-state index in [4.69, 9.17) is 9.15 Å². The van der Waals surface area contributed by atoms with Gasteiger partial charge in [0.15, 0.2) is 0 Å². The van der Waals surface area contributed by atoms with E-state index in [1.54, 1.807) is 25.5 Å². The second kappa shape index (κ2) is 6.61. The molecule has 26 heavy (non-hydrogen) atoms. The maximum atomic E-state index is 10.4. The Kier molecular flexibility index (Phi) is 4.14. The number of aromatic hydroxyl groups is 1. The van der Waals surface area contributed by atoms with Gasteiger partial charge in [0.25, 0.3) is 0 Å². The number of ether oxygens (including phenoxy) is 1. The predicted octanol–water partition coefficient (Wildman–Crippen LogP) is 4.81. The Morgan fingerprint density at radius 1 is 1.23 bits per heavy atom. The third-order valence-electron chi connectivity index (χ3n) is 4.08. The van der Waals surface area contributed by atoms with Gasteiger partial charge in [-0.25, -0.2) is 0 Å². The first-order valence-electron chi connectivity index (χ1n) is 7.87. The van der Waals surface area contributed by atoms with Crippen LogP contribution in [-0.4, -0.2) is 27.5 Å². The maximum absolute atomic E-state index is 10.4. The highest BCUT2D eigenvalue weighted by Gasteiger charge is 2.18. The smallest absolute Gasteiger partial charge is 0.142 e. The van der Waals surface area contributed by atoms with Gasteiger partial charge in [0, 0.05) is 17.0 Å². The van der Waals surface area contributed by atoms with Gasteiger partial charge in [0.1, 0.15) is 22.8 Å². The number of hydrogen-bond acceptors (Lipinski definition) is 7. The van der Waals surface area contributed by atoms with Gasteiger partial charge in [-0.3, -0.25) is 4.99 Å². The molecular weight excluding hydrogens is 350 g/mol. The van der Waals surface area contributed by atoms with E-state index in [0.717, 1.165) is 22.3 Å². The lowest BCUT2D eigenvalue weighted by molar-refractivity contribution is 0.411. The molecule has 4 rings (SSSR count). The maximum Gasteiger partial charge on any atom is 0.142 e. The van der Waals surface area contributed by atoms with Crippen LogP contribution in [0.4, 0.5) is 5.69 Å². The van der Waals surface area contributed by atoms with E-state index < -0.39 is 0 Å². The number of phenolic OH excluding ortho intramolecular Hbond substituents is 1. The molecule has 0 aliphatic heterocycles. The lowest BCUT2D eigenvalue weighted by Crippen LogP contribution is -2.00. The molecule has 0 atom stereocenters. The van der Waals surface area contributed by atoms with Crippen LogP contribution >= 0.6 is 11.5 Å². The van der Waals surface area contributed by atoms with Gasteiger partial charge in [-0.2, -0.15) is 0 Å². The third kappa shape index (κ3) is 2.82. The fraction of sp³-hybridized carbons (Fsp3) is 0.105. The van der Waals surface area contributed by atoms with E-state index in [1.807, 2.05) is 36.6 Å². The number of hydrogen-bond donors (Lipinski definition) is 1. The van der Waals surface area contributed by atoms with E-state index in [9.17, 15) is 5.11 Å². The first-order chi connectivity index (χ1) is 12.7. The quantitative estimate of drug-likeness (QED) is 0.525. The van der Waals surface area contributed by atoms with Crippen molar-refractivity contribution >= 4 is 33.9 Å². The summed E-state index contributed by atoms with van der Waals surface area (Å²) in [4.78, 5) is 4.62. The number of methoxy groups -OCH3 is 1. The van der Waals surface area contributed by atoms with Crippen molar-refractivity contribution in [2.24, 2.45) is 4.99 Å². The summed E-state index contributed by atoms with van der Waals surface area (Å²) in [5.41, 5.74) is 4.35. The Morgan fingerprint density at radius 2 is 2.04 bits per heavy atom. The molecule has 6 nitrogen and oxygen atoms in total. The standard InChI is InChI=1S/C19H15N3O3S/c1-11(18-16(23)9-17-14(7-8-25-17)19(18)24-2)20-13-5-3-12(4-6-13)15-10-26-22-21-15/h3-10,23H,1-2H3. The summed E-state index contributed by atoms with van der Waals surface area (Å²) >= 11 is 1.32. The van der Waals surface area contributed by atoms with Gasteiger partial charge in [0.2, 0.25) is 0 Å². The molecule has 2 aromatic heterocycles. The summed E-state index contributed by atoms with van der Waals surface area (Å²) in [6, 6.07) is 11.1. The lowest BCUT2D eigenvalue weighted by atomic mass is 10.1. The van der Waals surface area contributed by atoms with Crippen LogP contribution in [-0.2, 0) is 0 Å². The van der Waals surface area contributed by atoms with Gasteiger partial charge in [-0.15, -0.1) is 5.10 Å². The van der Waals surface area contributed by atoms with Gasteiger partial charge >= 0.3 is 0 Å². The van der Waals surface area contributed by atoms with Crippen molar-refractivity contribution in [3.8, 4) is 22.8 Å². The molecule has 4 aromatic rings. The molecule has 7 heteroatoms. The average molecular weight is 365 g/mol. The van der Waals surface area contributed by atoms with Gasteiger partial charge in [-0.05, 0) is 36.7 Å². The average Bonchev–Trinajstić information content (AvgIpc) is 3.32. The van der Waals surface area contributed by atoms with Crippen LogP contribution in [0.25, 0.3) is 22.2 Å². The fourth-order valence-electron chi connectivity index (χ4n) is 2.88. The second-order valence-electron chi connectivity index (χ2n) is 5.67. The van der Waals surface area contributed by atoms with Crippen molar-refractivity contribution in [1.82, 2.24) is 9.59 Å². The minimum atomic E-state index is 0.0655. The largest absolute Gasteiger partial charge is 0.507 e.